The van der Waals surface area contributed by atoms with E-state index in [1.807, 2.05) is 0 Å². The van der Waals surface area contributed by atoms with Gasteiger partial charge in [0.2, 0.25) is 13.3 Å². The topological polar surface area (TPSA) is 94.9 Å². The van der Waals surface area contributed by atoms with Gasteiger partial charge in [-0.15, -0.1) is 0 Å². The Hall–Kier alpha value is -0.650. The third kappa shape index (κ3) is 8.01. The second-order valence-corrected chi connectivity index (χ2v) is 10.8. The number of hydrogen-bond acceptors (Lipinski definition) is 3. The van der Waals surface area contributed by atoms with E-state index in [1.165, 1.54) is 4.90 Å². The van der Waals surface area contributed by atoms with Crippen LogP contribution >= 0.6 is 7.37 Å². The van der Waals surface area contributed by atoms with Crippen LogP contribution in [0.4, 0.5) is 0 Å². The van der Waals surface area contributed by atoms with Crippen LogP contribution in [0.3, 0.4) is 0 Å². The van der Waals surface area contributed by atoms with Crippen molar-refractivity contribution < 1.29 is 33.7 Å². The average molecular weight is 466 g/mol. The van der Waals surface area contributed by atoms with Crippen LogP contribution in [0.1, 0.15) is 66.5 Å². The molecule has 1 aromatic carbocycles. The van der Waals surface area contributed by atoms with Crippen molar-refractivity contribution in [3.05, 3.63) is 35.8 Å². The van der Waals surface area contributed by atoms with Gasteiger partial charge in [0.1, 0.15) is 12.2 Å². The molecule has 1 unspecified atom stereocenters. The molecule has 1 saturated heterocycles. The maximum atomic E-state index is 12.9. The molecule has 0 bridgehead atoms. The summed E-state index contributed by atoms with van der Waals surface area (Å²) in [6, 6.07) is -4.33. The third-order valence-electron chi connectivity index (χ3n) is 6.12. The number of carbonyl (C=O) groups is 2. The van der Waals surface area contributed by atoms with Crippen molar-refractivity contribution >= 4 is 48.8 Å². The number of likely N-dealkylation sites (tertiary alicyclic amines) is 1. The summed E-state index contributed by atoms with van der Waals surface area (Å²) in [5.74, 6) is -1.44. The fourth-order valence-corrected chi connectivity index (χ4v) is 6.00. The number of rotatable bonds is 9. The molecule has 2 aliphatic rings. The van der Waals surface area contributed by atoms with Gasteiger partial charge in [-0.3, -0.25) is 9.36 Å². The van der Waals surface area contributed by atoms with Crippen LogP contribution in [0.25, 0.3) is 0 Å². The normalized spacial score (nSPS) is 27.4. The Labute approximate surface area is 217 Å². The molecule has 0 spiro atoms. The predicted octanol–water partition coefficient (Wildman–Crippen LogP) is 3.78. The van der Waals surface area contributed by atoms with Gasteiger partial charge in [0.15, 0.2) is 0 Å². The summed E-state index contributed by atoms with van der Waals surface area (Å²) >= 11 is 0. The van der Waals surface area contributed by atoms with Crippen LogP contribution in [0.15, 0.2) is 30.2 Å². The van der Waals surface area contributed by atoms with Crippen LogP contribution in [0, 0.1) is 11.8 Å². The molecule has 1 saturated carbocycles. The fraction of sp³-hybridized carbons (Fsp3) is 0.652. The van der Waals surface area contributed by atoms with Gasteiger partial charge in [0.05, 0.1) is 6.85 Å². The van der Waals surface area contributed by atoms with Gasteiger partial charge in [-0.25, -0.2) is 4.79 Å². The van der Waals surface area contributed by atoms with Crippen LogP contribution in [0.2, 0.25) is 0 Å². The SMILES string of the molecule is [2H]c1c([2H])c([2H])c(C([2H])([2H])CCCP(=O)(O)CC(=O)N2C[C@H](C3CCCCC3)C[C@H]2C(=O)O)c([2H])c1[2H].[Na]. The summed E-state index contributed by atoms with van der Waals surface area (Å²) in [6.07, 6.45) is 1.52. The van der Waals surface area contributed by atoms with Gasteiger partial charge < -0.3 is 14.9 Å². The third-order valence-corrected chi connectivity index (χ3v) is 7.90. The van der Waals surface area contributed by atoms with E-state index in [0.29, 0.717) is 12.3 Å². The Morgan fingerprint density at radius 1 is 1.13 bits per heavy atom. The first-order chi connectivity index (χ1) is 17.2. The molecule has 1 radical (unpaired) electrons. The standard InChI is InChI=1S/C23H34NO5P.Na/c25-22(17-30(28,29)14-8-7-11-18-9-3-1-4-10-18)24-16-20(15-21(24)23(26)27)19-12-5-2-6-13-19;/h1,3-4,9-10,19-21H,2,5-8,11-17H2,(H,26,27)(H,28,29);/t20-,21+;/m1./s1/i1D,3D,4D,9D,10D,11D2;. The summed E-state index contributed by atoms with van der Waals surface area (Å²) in [5, 5.41) is 9.65. The molecule has 0 aromatic heterocycles. The van der Waals surface area contributed by atoms with Crippen molar-refractivity contribution in [2.75, 3.05) is 18.9 Å². The van der Waals surface area contributed by atoms with E-state index in [9.17, 15) is 24.2 Å². The Balaban J connectivity index is 0.00000507. The molecular formula is C23H34NNaO5P. The van der Waals surface area contributed by atoms with Crippen molar-refractivity contribution in [2.24, 2.45) is 11.8 Å². The van der Waals surface area contributed by atoms with Gasteiger partial charge >= 0.3 is 5.97 Å². The number of carboxylic acid groups (broad SMARTS) is 1. The summed E-state index contributed by atoms with van der Waals surface area (Å²) in [4.78, 5) is 36.4. The molecule has 6 nitrogen and oxygen atoms in total. The smallest absolute Gasteiger partial charge is 0.326 e. The van der Waals surface area contributed by atoms with Crippen LogP contribution in [0.5, 0.6) is 0 Å². The zero-order valence-electron chi connectivity index (χ0n) is 25.0. The number of carbonyl (C=O) groups excluding carboxylic acids is 1. The van der Waals surface area contributed by atoms with E-state index >= 15 is 0 Å². The molecule has 31 heavy (non-hydrogen) atoms. The molecule has 2 fully saturated rings. The predicted molar refractivity (Wildman–Crippen MR) is 123 cm³/mol. The van der Waals surface area contributed by atoms with Crippen molar-refractivity contribution in [1.82, 2.24) is 4.90 Å². The van der Waals surface area contributed by atoms with Crippen LogP contribution in [-0.4, -0.2) is 81.2 Å². The first kappa shape index (κ1) is 17.8. The molecule has 8 heteroatoms. The van der Waals surface area contributed by atoms with Gasteiger partial charge in [-0.2, -0.15) is 0 Å². The van der Waals surface area contributed by atoms with E-state index in [2.05, 4.69) is 0 Å². The van der Waals surface area contributed by atoms with E-state index in [1.54, 1.807) is 0 Å². The second kappa shape index (κ2) is 12.6. The minimum absolute atomic E-state index is 0. The van der Waals surface area contributed by atoms with Crippen LogP contribution in [-0.2, 0) is 20.5 Å². The second-order valence-electron chi connectivity index (χ2n) is 8.30. The monoisotopic (exact) mass is 465 g/mol. The maximum Gasteiger partial charge on any atom is 0.326 e. The Morgan fingerprint density at radius 3 is 2.45 bits per heavy atom. The van der Waals surface area contributed by atoms with E-state index in [-0.39, 0.29) is 48.4 Å². The summed E-state index contributed by atoms with van der Waals surface area (Å²) in [6.45, 7) is 0.248. The van der Waals surface area contributed by atoms with Gasteiger partial charge in [0, 0.05) is 45.0 Å². The van der Waals surface area contributed by atoms with Crippen molar-refractivity contribution in [1.29, 1.82) is 0 Å². The zero-order valence-corrected chi connectivity index (χ0v) is 20.9. The quantitative estimate of drug-likeness (QED) is 0.428. The summed E-state index contributed by atoms with van der Waals surface area (Å²) in [5.41, 5.74) is -0.516. The number of hydrogen-bond donors (Lipinski definition) is 2. The summed E-state index contributed by atoms with van der Waals surface area (Å²) in [7, 11) is -4.09. The Morgan fingerprint density at radius 2 is 1.81 bits per heavy atom. The first-order valence-electron chi connectivity index (χ1n) is 14.1. The van der Waals surface area contributed by atoms with E-state index in [4.69, 9.17) is 9.60 Å². The van der Waals surface area contributed by atoms with Gasteiger partial charge in [-0.05, 0) is 43.0 Å². The minimum Gasteiger partial charge on any atom is -0.480 e. The van der Waals surface area contributed by atoms with Crippen molar-refractivity contribution in [2.45, 2.75) is 63.8 Å². The molecule has 1 heterocycles. The van der Waals surface area contributed by atoms with Crippen molar-refractivity contribution in [3.8, 4) is 0 Å². The first-order valence-corrected chi connectivity index (χ1v) is 12.6. The molecule has 1 aliphatic heterocycles. The number of nitrogens with zero attached hydrogens (tertiary/aromatic N) is 1. The van der Waals surface area contributed by atoms with E-state index < -0.39 is 86.2 Å². The van der Waals surface area contributed by atoms with E-state index in [0.717, 1.165) is 32.1 Å². The number of benzene rings is 1. The largest absolute Gasteiger partial charge is 0.480 e. The molecule has 1 aliphatic carbocycles. The summed E-state index contributed by atoms with van der Waals surface area (Å²) < 4.78 is 68.4. The van der Waals surface area contributed by atoms with Crippen molar-refractivity contribution in [3.63, 3.8) is 0 Å². The molecule has 3 rings (SSSR count). The average Bonchev–Trinajstić information content (AvgIpc) is 3.28. The molecule has 1 aromatic rings. The molecular weight excluding hydrogens is 424 g/mol. The molecule has 1 amide bonds. The van der Waals surface area contributed by atoms with Crippen LogP contribution < -0.4 is 0 Å². The number of aliphatic carboxylic acids is 1. The zero-order chi connectivity index (χ0) is 27.7. The number of amides is 1. The fourth-order valence-electron chi connectivity index (χ4n) is 4.58. The minimum atomic E-state index is -4.09. The molecule has 3 atom stereocenters. The number of carboxylic acids is 1. The Bertz CT molecular complexity index is 1070. The Kier molecular flexibility index (Phi) is 7.20. The van der Waals surface area contributed by atoms with Gasteiger partial charge in [0.25, 0.3) is 0 Å². The molecule has 167 valence electrons. The molecule has 2 N–H and O–H groups in total. The van der Waals surface area contributed by atoms with Gasteiger partial charge in [-0.1, -0.05) is 62.3 Å². The maximum absolute atomic E-state index is 12.9.